The van der Waals surface area contributed by atoms with Crippen molar-refractivity contribution in [3.63, 3.8) is 0 Å². The minimum atomic E-state index is -0.694. The number of fused-ring (bicyclic) bond motifs is 3. The maximum atomic E-state index is 13.2. The van der Waals surface area contributed by atoms with Crippen LogP contribution in [-0.4, -0.2) is 77.9 Å². The number of hydrogen-bond acceptors (Lipinski definition) is 4. The van der Waals surface area contributed by atoms with Gasteiger partial charge in [0, 0.05) is 38.5 Å². The summed E-state index contributed by atoms with van der Waals surface area (Å²) < 4.78 is 0. The Hall–Kier alpha value is -2.41. The van der Waals surface area contributed by atoms with Crippen molar-refractivity contribution in [1.82, 2.24) is 14.7 Å². The van der Waals surface area contributed by atoms with Crippen LogP contribution in [0, 0.1) is 0 Å². The summed E-state index contributed by atoms with van der Waals surface area (Å²) in [5.74, 6) is 0.0380. The van der Waals surface area contributed by atoms with E-state index in [1.165, 1.54) is 0 Å². The molecule has 3 aliphatic rings. The van der Waals surface area contributed by atoms with Gasteiger partial charge < -0.3 is 14.7 Å². The molecule has 2 fully saturated rings. The zero-order chi connectivity index (χ0) is 20.8. The van der Waals surface area contributed by atoms with Crippen LogP contribution in [0.2, 0.25) is 0 Å². The lowest BCUT2D eigenvalue weighted by atomic mass is 9.98. The highest BCUT2D eigenvalue weighted by Gasteiger charge is 2.52. The van der Waals surface area contributed by atoms with E-state index in [1.807, 2.05) is 30.0 Å². The number of para-hydroxylation sites is 1. The van der Waals surface area contributed by atoms with Gasteiger partial charge in [0.2, 0.25) is 11.8 Å². The molecule has 29 heavy (non-hydrogen) atoms. The highest BCUT2D eigenvalue weighted by Crippen LogP contribution is 2.44. The van der Waals surface area contributed by atoms with Gasteiger partial charge in [-0.3, -0.25) is 19.3 Å². The Balaban J connectivity index is 1.48. The van der Waals surface area contributed by atoms with Gasteiger partial charge in [0.15, 0.2) is 0 Å². The molecule has 0 saturated carbocycles. The zero-order valence-electron chi connectivity index (χ0n) is 17.6. The van der Waals surface area contributed by atoms with E-state index in [0.29, 0.717) is 36.7 Å². The molecule has 1 aromatic rings. The van der Waals surface area contributed by atoms with E-state index in [9.17, 15) is 14.4 Å². The molecule has 3 amide bonds. The summed E-state index contributed by atoms with van der Waals surface area (Å²) in [5, 5.41) is 0. The van der Waals surface area contributed by atoms with Crippen LogP contribution in [-0.2, 0) is 9.59 Å². The Morgan fingerprint density at radius 2 is 1.86 bits per heavy atom. The van der Waals surface area contributed by atoms with Crippen LogP contribution in [0.15, 0.2) is 24.3 Å². The van der Waals surface area contributed by atoms with Gasteiger partial charge in [-0.05, 0) is 52.4 Å². The zero-order valence-corrected chi connectivity index (χ0v) is 17.6. The molecule has 4 rings (SSSR count). The summed E-state index contributed by atoms with van der Waals surface area (Å²) in [7, 11) is 4.16. The first-order valence-corrected chi connectivity index (χ1v) is 10.5. The first-order valence-electron chi connectivity index (χ1n) is 10.5. The molecule has 156 valence electrons. The summed E-state index contributed by atoms with van der Waals surface area (Å²) in [5.41, 5.74) is 0.538. The van der Waals surface area contributed by atoms with Gasteiger partial charge in [0.05, 0.1) is 11.3 Å². The Kier molecular flexibility index (Phi) is 5.11. The average Bonchev–Trinajstić information content (AvgIpc) is 3.03. The maximum absolute atomic E-state index is 13.2. The second-order valence-electron chi connectivity index (χ2n) is 8.75. The molecule has 0 bridgehead atoms. The molecule has 0 radical (unpaired) electrons. The van der Waals surface area contributed by atoms with Crippen molar-refractivity contribution in [2.75, 3.05) is 38.6 Å². The molecular weight excluding hydrogens is 368 g/mol. The number of carbonyl (C=O) groups excluding carboxylic acids is 3. The van der Waals surface area contributed by atoms with E-state index < -0.39 is 5.66 Å². The maximum Gasteiger partial charge on any atom is 0.257 e. The van der Waals surface area contributed by atoms with Crippen LogP contribution in [0.1, 0.15) is 49.4 Å². The minimum Gasteiger partial charge on any atom is -0.343 e. The van der Waals surface area contributed by atoms with Crippen molar-refractivity contribution in [1.29, 1.82) is 0 Å². The normalized spacial score (nSPS) is 24.9. The molecule has 7 nitrogen and oxygen atoms in total. The van der Waals surface area contributed by atoms with Crippen LogP contribution in [0.3, 0.4) is 0 Å². The molecule has 0 N–H and O–H groups in total. The van der Waals surface area contributed by atoms with E-state index in [0.717, 1.165) is 25.9 Å². The summed E-state index contributed by atoms with van der Waals surface area (Å²) in [6.45, 7) is 3.80. The van der Waals surface area contributed by atoms with Crippen LogP contribution >= 0.6 is 0 Å². The van der Waals surface area contributed by atoms with Gasteiger partial charge in [0.25, 0.3) is 5.91 Å². The fourth-order valence-corrected chi connectivity index (χ4v) is 5.04. The fourth-order valence-electron chi connectivity index (χ4n) is 5.04. The number of nitrogens with zero attached hydrogens (tertiary/aromatic N) is 4. The lowest BCUT2D eigenvalue weighted by Gasteiger charge is -2.48. The highest BCUT2D eigenvalue weighted by molar-refractivity contribution is 6.10. The largest absolute Gasteiger partial charge is 0.343 e. The second-order valence-corrected chi connectivity index (χ2v) is 8.75. The van der Waals surface area contributed by atoms with Crippen molar-refractivity contribution in [2.24, 2.45) is 0 Å². The monoisotopic (exact) mass is 398 g/mol. The van der Waals surface area contributed by atoms with Crippen LogP contribution < -0.4 is 4.90 Å². The van der Waals surface area contributed by atoms with Gasteiger partial charge in [-0.25, -0.2) is 0 Å². The van der Waals surface area contributed by atoms with Gasteiger partial charge >= 0.3 is 0 Å². The lowest BCUT2D eigenvalue weighted by molar-refractivity contribution is -0.133. The minimum absolute atomic E-state index is 0.0366. The van der Waals surface area contributed by atoms with E-state index in [2.05, 4.69) is 19.0 Å². The molecule has 0 aromatic heterocycles. The number of anilines is 1. The summed E-state index contributed by atoms with van der Waals surface area (Å²) in [6.07, 6.45) is 3.26. The first-order chi connectivity index (χ1) is 13.8. The van der Waals surface area contributed by atoms with E-state index >= 15 is 0 Å². The number of hydrogen-bond donors (Lipinski definition) is 0. The van der Waals surface area contributed by atoms with E-state index in [-0.39, 0.29) is 24.1 Å². The Morgan fingerprint density at radius 3 is 2.55 bits per heavy atom. The number of carbonyl (C=O) groups is 3. The summed E-state index contributed by atoms with van der Waals surface area (Å²) in [4.78, 5) is 46.3. The Morgan fingerprint density at radius 1 is 1.17 bits per heavy atom. The standard InChI is InChI=1S/C22H30N4O3/c1-22-12-8-20(28)26(22)18-7-5-4-6-17(18)21(29)25(22)15-11-19(27)24-13-9-16(10-14-24)23(2)3/h4-7,16H,8-15H2,1-3H3. The summed E-state index contributed by atoms with van der Waals surface area (Å²) >= 11 is 0. The average molecular weight is 399 g/mol. The Bertz CT molecular complexity index is 831. The third-order valence-corrected chi connectivity index (χ3v) is 6.84. The second kappa shape index (κ2) is 7.44. The molecule has 3 heterocycles. The summed E-state index contributed by atoms with van der Waals surface area (Å²) in [6, 6.07) is 7.80. The Labute approximate surface area is 172 Å². The number of benzene rings is 1. The topological polar surface area (TPSA) is 64.2 Å². The molecule has 0 spiro atoms. The third kappa shape index (κ3) is 3.31. The van der Waals surface area contributed by atoms with Crippen molar-refractivity contribution in [2.45, 2.75) is 50.7 Å². The first kappa shape index (κ1) is 19.9. The highest BCUT2D eigenvalue weighted by atomic mass is 16.2. The molecule has 1 unspecified atom stereocenters. The quantitative estimate of drug-likeness (QED) is 0.777. The van der Waals surface area contributed by atoms with Gasteiger partial charge in [0.1, 0.15) is 5.66 Å². The predicted molar refractivity (Wildman–Crippen MR) is 111 cm³/mol. The number of piperidine rings is 1. The smallest absolute Gasteiger partial charge is 0.257 e. The van der Waals surface area contributed by atoms with Gasteiger partial charge in [-0.2, -0.15) is 0 Å². The molecule has 1 aromatic carbocycles. The van der Waals surface area contributed by atoms with Gasteiger partial charge in [-0.15, -0.1) is 0 Å². The third-order valence-electron chi connectivity index (χ3n) is 6.84. The van der Waals surface area contributed by atoms with Crippen molar-refractivity contribution in [3.05, 3.63) is 29.8 Å². The lowest BCUT2D eigenvalue weighted by Crippen LogP contribution is -2.62. The van der Waals surface area contributed by atoms with Crippen molar-refractivity contribution in [3.8, 4) is 0 Å². The number of rotatable bonds is 4. The van der Waals surface area contributed by atoms with Crippen LogP contribution in [0.25, 0.3) is 0 Å². The van der Waals surface area contributed by atoms with Gasteiger partial charge in [-0.1, -0.05) is 12.1 Å². The molecule has 2 saturated heterocycles. The van der Waals surface area contributed by atoms with E-state index in [4.69, 9.17) is 0 Å². The molecule has 7 heteroatoms. The molecular formula is C22H30N4O3. The van der Waals surface area contributed by atoms with Crippen LogP contribution in [0.5, 0.6) is 0 Å². The van der Waals surface area contributed by atoms with Crippen molar-refractivity contribution >= 4 is 23.4 Å². The number of amides is 3. The number of likely N-dealkylation sites (tertiary alicyclic amines) is 1. The predicted octanol–water partition coefficient (Wildman–Crippen LogP) is 1.93. The molecule has 3 aliphatic heterocycles. The SMILES string of the molecule is CN(C)C1CCN(C(=O)CCN2C(=O)c3ccccc3N3C(=O)CCC23C)CC1. The molecule has 1 atom stereocenters. The molecule has 0 aliphatic carbocycles. The van der Waals surface area contributed by atoms with E-state index in [1.54, 1.807) is 15.9 Å². The van der Waals surface area contributed by atoms with Crippen molar-refractivity contribution < 1.29 is 14.4 Å². The fraction of sp³-hybridized carbons (Fsp3) is 0.591. The van der Waals surface area contributed by atoms with Crippen LogP contribution in [0.4, 0.5) is 5.69 Å².